The molecule has 1 heterocycles. The Kier molecular flexibility index (Phi) is 5.55. The Morgan fingerprint density at radius 3 is 2.48 bits per heavy atom. The zero-order valence-electron chi connectivity index (χ0n) is 15.8. The highest BCUT2D eigenvalue weighted by Crippen LogP contribution is 2.55. The van der Waals surface area contributed by atoms with Gasteiger partial charge in [-0.15, -0.1) is 24.2 Å². The normalized spacial score (nSPS) is 29.4. The maximum Gasteiger partial charge on any atom is 0.0960 e. The molecule has 27 heavy (non-hydrogen) atoms. The van der Waals surface area contributed by atoms with E-state index in [1.807, 2.05) is 11.8 Å². The quantitative estimate of drug-likeness (QED) is 0.648. The number of aromatic nitrogens is 1. The summed E-state index contributed by atoms with van der Waals surface area (Å²) in [6.45, 7) is 0. The van der Waals surface area contributed by atoms with E-state index in [1.54, 1.807) is 0 Å². The third-order valence-corrected chi connectivity index (χ3v) is 8.14. The Labute approximate surface area is 173 Å². The molecule has 0 bridgehead atoms. The van der Waals surface area contributed by atoms with Crippen molar-refractivity contribution in [3.05, 3.63) is 59.3 Å². The van der Waals surface area contributed by atoms with Crippen LogP contribution in [0.3, 0.4) is 0 Å². The lowest BCUT2D eigenvalue weighted by Gasteiger charge is -2.40. The summed E-state index contributed by atoms with van der Waals surface area (Å²) in [4.78, 5) is 4.73. The van der Waals surface area contributed by atoms with Gasteiger partial charge in [-0.3, -0.25) is 0 Å². The summed E-state index contributed by atoms with van der Waals surface area (Å²) in [7, 11) is 0. The number of nitrogens with zero attached hydrogens (tertiary/aromatic N) is 1. The summed E-state index contributed by atoms with van der Waals surface area (Å²) in [5.41, 5.74) is 11.3. The molecular formula is C23H29ClN2S. The topological polar surface area (TPSA) is 38.9 Å². The number of nitrogens with two attached hydrogens (primary N) is 1. The fourth-order valence-corrected chi connectivity index (χ4v) is 6.07. The molecule has 0 saturated heterocycles. The molecule has 4 heteroatoms. The van der Waals surface area contributed by atoms with Crippen LogP contribution in [0.1, 0.15) is 67.2 Å². The predicted octanol–water partition coefficient (Wildman–Crippen LogP) is 5.91. The van der Waals surface area contributed by atoms with E-state index >= 15 is 0 Å². The Balaban J connectivity index is 0.00000180. The van der Waals surface area contributed by atoms with E-state index in [4.69, 9.17) is 10.7 Å². The monoisotopic (exact) mass is 400 g/mol. The van der Waals surface area contributed by atoms with Crippen molar-refractivity contribution in [1.82, 2.24) is 4.98 Å². The highest BCUT2D eigenvalue weighted by molar-refractivity contribution is 7.99. The first kappa shape index (κ1) is 19.3. The maximum atomic E-state index is 6.71. The fourth-order valence-electron chi connectivity index (χ4n) is 5.04. The summed E-state index contributed by atoms with van der Waals surface area (Å²) in [6.07, 6.45) is 11.1. The number of hydrogen-bond acceptors (Lipinski definition) is 3. The molecule has 144 valence electrons. The lowest BCUT2D eigenvalue weighted by molar-refractivity contribution is 0.149. The molecule has 3 aliphatic carbocycles. The second-order valence-electron chi connectivity index (χ2n) is 8.67. The summed E-state index contributed by atoms with van der Waals surface area (Å²) in [5, 5.41) is 1.20. The highest BCUT2D eigenvalue weighted by Gasteiger charge is 2.46. The minimum absolute atomic E-state index is 0. The Morgan fingerprint density at radius 2 is 1.81 bits per heavy atom. The molecule has 1 aromatic heterocycles. The van der Waals surface area contributed by atoms with Gasteiger partial charge in [-0.25, -0.2) is 4.98 Å². The van der Waals surface area contributed by atoms with Gasteiger partial charge >= 0.3 is 0 Å². The van der Waals surface area contributed by atoms with Crippen molar-refractivity contribution in [2.45, 2.75) is 61.9 Å². The molecule has 0 radical (unpaired) electrons. The first-order valence-corrected chi connectivity index (χ1v) is 11.1. The van der Waals surface area contributed by atoms with Crippen LogP contribution in [-0.2, 0) is 6.42 Å². The first-order chi connectivity index (χ1) is 12.7. The third-order valence-electron chi connectivity index (χ3n) is 6.97. The van der Waals surface area contributed by atoms with Crippen molar-refractivity contribution < 1.29 is 0 Å². The molecule has 1 aromatic carbocycles. The second-order valence-corrected chi connectivity index (χ2v) is 9.71. The highest BCUT2D eigenvalue weighted by atomic mass is 35.5. The summed E-state index contributed by atoms with van der Waals surface area (Å²) >= 11 is 1.93. The summed E-state index contributed by atoms with van der Waals surface area (Å²) < 4.78 is 0. The van der Waals surface area contributed by atoms with Crippen LogP contribution in [0.4, 0.5) is 0 Å². The largest absolute Gasteiger partial charge is 0.323 e. The van der Waals surface area contributed by atoms with Crippen molar-refractivity contribution in [3.8, 4) is 0 Å². The standard InChI is InChI=1S/C23H28N2S.ClH/c24-22-20-4-2-1-3-18(20)13-23(22)11-9-17(10-12-23)19-7-8-21(25-14-19)26-15-16-5-6-16;/h1-4,7-8,14,16-17,22H,5-6,9-13,15,24H2;1H. The molecule has 2 N–H and O–H groups in total. The van der Waals surface area contributed by atoms with E-state index in [0.29, 0.717) is 11.3 Å². The van der Waals surface area contributed by atoms with Crippen molar-refractivity contribution in [1.29, 1.82) is 0 Å². The average molecular weight is 401 g/mol. The van der Waals surface area contributed by atoms with Crippen LogP contribution in [0.2, 0.25) is 0 Å². The molecule has 1 spiro atoms. The molecule has 0 aliphatic heterocycles. The van der Waals surface area contributed by atoms with Gasteiger partial charge in [-0.1, -0.05) is 30.3 Å². The zero-order chi connectivity index (χ0) is 17.6. The molecule has 2 aromatic rings. The number of benzene rings is 1. The van der Waals surface area contributed by atoms with Gasteiger partial charge in [0.05, 0.1) is 5.03 Å². The molecule has 5 rings (SSSR count). The number of halogens is 1. The minimum Gasteiger partial charge on any atom is -0.323 e. The molecular weight excluding hydrogens is 372 g/mol. The lowest BCUT2D eigenvalue weighted by atomic mass is 9.66. The summed E-state index contributed by atoms with van der Waals surface area (Å²) in [5.74, 6) is 2.86. The Hall–Kier alpha value is -1.03. The maximum absolute atomic E-state index is 6.71. The van der Waals surface area contributed by atoms with Crippen LogP contribution in [0.25, 0.3) is 0 Å². The molecule has 2 nitrogen and oxygen atoms in total. The lowest BCUT2D eigenvalue weighted by Crippen LogP contribution is -2.35. The Bertz CT molecular complexity index is 779. The van der Waals surface area contributed by atoms with Gasteiger partial charge in [0.1, 0.15) is 0 Å². The first-order valence-electron chi connectivity index (χ1n) is 10.2. The van der Waals surface area contributed by atoms with Crippen LogP contribution >= 0.6 is 24.2 Å². The molecule has 2 saturated carbocycles. The number of thioether (sulfide) groups is 1. The van der Waals surface area contributed by atoms with Crippen LogP contribution in [0.5, 0.6) is 0 Å². The van der Waals surface area contributed by atoms with E-state index in [0.717, 1.165) is 5.92 Å². The Morgan fingerprint density at radius 1 is 1.04 bits per heavy atom. The predicted molar refractivity (Wildman–Crippen MR) is 116 cm³/mol. The third kappa shape index (κ3) is 3.79. The van der Waals surface area contributed by atoms with Crippen LogP contribution in [0, 0.1) is 11.3 Å². The van der Waals surface area contributed by atoms with E-state index in [-0.39, 0.29) is 18.4 Å². The smallest absolute Gasteiger partial charge is 0.0960 e. The molecule has 2 fully saturated rings. The van der Waals surface area contributed by atoms with Gasteiger partial charge in [0.2, 0.25) is 0 Å². The van der Waals surface area contributed by atoms with E-state index < -0.39 is 0 Å². The van der Waals surface area contributed by atoms with Gasteiger partial charge in [0.15, 0.2) is 0 Å². The fraction of sp³-hybridized carbons (Fsp3) is 0.522. The van der Waals surface area contributed by atoms with Gasteiger partial charge in [-0.05, 0) is 85.0 Å². The van der Waals surface area contributed by atoms with Crippen LogP contribution in [0.15, 0.2) is 47.6 Å². The molecule has 1 unspecified atom stereocenters. The van der Waals surface area contributed by atoms with Crippen LogP contribution < -0.4 is 5.73 Å². The second kappa shape index (κ2) is 7.77. The molecule has 1 atom stereocenters. The molecule has 3 aliphatic rings. The van der Waals surface area contributed by atoms with Crippen molar-refractivity contribution in [2.24, 2.45) is 17.1 Å². The van der Waals surface area contributed by atoms with E-state index in [9.17, 15) is 0 Å². The SMILES string of the molecule is Cl.NC1c2ccccc2CC12CCC(c1ccc(SCC3CC3)nc1)CC2. The molecule has 0 amide bonds. The summed E-state index contributed by atoms with van der Waals surface area (Å²) in [6, 6.07) is 13.6. The zero-order valence-corrected chi connectivity index (χ0v) is 17.4. The van der Waals surface area contributed by atoms with Gasteiger partial charge in [0, 0.05) is 18.0 Å². The number of fused-ring (bicyclic) bond motifs is 1. The van der Waals surface area contributed by atoms with E-state index in [1.165, 1.54) is 72.4 Å². The van der Waals surface area contributed by atoms with E-state index in [2.05, 4.69) is 42.6 Å². The van der Waals surface area contributed by atoms with Crippen molar-refractivity contribution >= 4 is 24.2 Å². The number of hydrogen-bond donors (Lipinski definition) is 1. The van der Waals surface area contributed by atoms with Crippen molar-refractivity contribution in [3.63, 3.8) is 0 Å². The minimum atomic E-state index is 0. The van der Waals surface area contributed by atoms with Crippen LogP contribution in [-0.4, -0.2) is 10.7 Å². The number of rotatable bonds is 4. The van der Waals surface area contributed by atoms with Gasteiger partial charge < -0.3 is 5.73 Å². The van der Waals surface area contributed by atoms with Gasteiger partial charge in [0.25, 0.3) is 0 Å². The van der Waals surface area contributed by atoms with Gasteiger partial charge in [-0.2, -0.15) is 0 Å². The average Bonchev–Trinajstić information content (AvgIpc) is 3.48. The van der Waals surface area contributed by atoms with Crippen molar-refractivity contribution in [2.75, 3.05) is 5.75 Å². The number of pyridine rings is 1.